The van der Waals surface area contributed by atoms with E-state index in [1.54, 1.807) is 0 Å². The molecule has 2 nitrogen and oxygen atoms in total. The Balaban J connectivity index is 2.13. The Morgan fingerprint density at radius 3 is 2.68 bits per heavy atom. The molecule has 0 unspecified atom stereocenters. The minimum Gasteiger partial charge on any atom is -0.473 e. The molecule has 2 rings (SSSR count). The highest BCUT2D eigenvalue weighted by Crippen LogP contribution is 2.19. The maximum absolute atomic E-state index is 6.09. The van der Waals surface area contributed by atoms with Gasteiger partial charge in [0.05, 0.1) is 0 Å². The molecule has 1 aromatic carbocycles. The number of alkyl halides is 1. The van der Waals surface area contributed by atoms with Gasteiger partial charge in [0.15, 0.2) is 0 Å². The van der Waals surface area contributed by atoms with Gasteiger partial charge in [0, 0.05) is 28.2 Å². The van der Waals surface area contributed by atoms with E-state index in [-0.39, 0.29) is 0 Å². The number of halogens is 2. The highest BCUT2D eigenvalue weighted by atomic mass is 35.5. The molecule has 0 aliphatic rings. The first-order valence-corrected chi connectivity index (χ1v) is 7.06. The molecule has 0 saturated carbocycles. The summed E-state index contributed by atoms with van der Waals surface area (Å²) in [4.78, 5) is 4.42. The largest absolute Gasteiger partial charge is 0.473 e. The lowest BCUT2D eigenvalue weighted by Gasteiger charge is -2.09. The summed E-state index contributed by atoms with van der Waals surface area (Å²) >= 11 is 12.0. The molecule has 0 amide bonds. The van der Waals surface area contributed by atoms with Gasteiger partial charge in [0.1, 0.15) is 6.61 Å². The van der Waals surface area contributed by atoms with E-state index in [4.69, 9.17) is 27.9 Å². The van der Waals surface area contributed by atoms with Crippen LogP contribution in [0.2, 0.25) is 5.02 Å². The number of rotatable bonds is 5. The van der Waals surface area contributed by atoms with Crippen LogP contribution in [0.1, 0.15) is 23.7 Å². The fourth-order valence-electron chi connectivity index (χ4n) is 1.72. The zero-order valence-electron chi connectivity index (χ0n) is 10.7. The van der Waals surface area contributed by atoms with Crippen LogP contribution in [-0.2, 0) is 18.9 Å². The number of ether oxygens (including phenoxy) is 1. The molecule has 4 heteroatoms. The summed E-state index contributed by atoms with van der Waals surface area (Å²) < 4.78 is 5.70. The minimum atomic E-state index is 0.404. The van der Waals surface area contributed by atoms with Gasteiger partial charge >= 0.3 is 0 Å². The Bertz CT molecular complexity index is 535. The second-order valence-corrected chi connectivity index (χ2v) is 4.85. The summed E-state index contributed by atoms with van der Waals surface area (Å²) in [6.45, 7) is 2.46. The summed E-state index contributed by atoms with van der Waals surface area (Å²) in [5.74, 6) is 1.05. The standard InChI is InChI=1S/C15H15Cl2NO/c1-2-13-7-11(9-16)8-15(18-13)19-10-12-5-3-4-6-14(12)17/h3-8H,2,9-10H2,1H3. The molecule has 19 heavy (non-hydrogen) atoms. The van der Waals surface area contributed by atoms with Gasteiger partial charge in [-0.1, -0.05) is 36.7 Å². The Morgan fingerprint density at radius 1 is 1.21 bits per heavy atom. The van der Waals surface area contributed by atoms with E-state index >= 15 is 0 Å². The molecule has 0 aliphatic heterocycles. The SMILES string of the molecule is CCc1cc(CCl)cc(OCc2ccccc2Cl)n1. The van der Waals surface area contributed by atoms with E-state index in [0.717, 1.165) is 23.2 Å². The molecule has 0 radical (unpaired) electrons. The fraction of sp³-hybridized carbons (Fsp3) is 0.267. The lowest BCUT2D eigenvalue weighted by atomic mass is 10.2. The first kappa shape index (κ1) is 14.2. The topological polar surface area (TPSA) is 22.1 Å². The highest BCUT2D eigenvalue weighted by Gasteiger charge is 2.04. The Hall–Kier alpha value is -1.25. The van der Waals surface area contributed by atoms with Gasteiger partial charge in [-0.2, -0.15) is 0 Å². The molecule has 0 atom stereocenters. The van der Waals surface area contributed by atoms with Crippen molar-refractivity contribution in [3.05, 3.63) is 58.2 Å². The fourth-order valence-corrected chi connectivity index (χ4v) is 2.06. The highest BCUT2D eigenvalue weighted by molar-refractivity contribution is 6.31. The first-order chi connectivity index (χ1) is 9.22. The summed E-state index contributed by atoms with van der Waals surface area (Å²) in [6.07, 6.45) is 0.854. The molecule has 0 aliphatic carbocycles. The number of benzene rings is 1. The summed E-state index contributed by atoms with van der Waals surface area (Å²) in [6, 6.07) is 11.5. The number of aryl methyl sites for hydroxylation is 1. The van der Waals surface area contributed by atoms with E-state index in [1.807, 2.05) is 36.4 Å². The van der Waals surface area contributed by atoms with Crippen molar-refractivity contribution in [3.63, 3.8) is 0 Å². The Kier molecular flexibility index (Phi) is 5.06. The maximum Gasteiger partial charge on any atom is 0.214 e. The van der Waals surface area contributed by atoms with E-state index < -0.39 is 0 Å². The maximum atomic E-state index is 6.09. The number of hydrogen-bond donors (Lipinski definition) is 0. The van der Waals surface area contributed by atoms with Crippen LogP contribution in [0.25, 0.3) is 0 Å². The van der Waals surface area contributed by atoms with Crippen LogP contribution in [0, 0.1) is 0 Å². The number of nitrogens with zero attached hydrogens (tertiary/aromatic N) is 1. The van der Waals surface area contributed by atoms with Crippen molar-refractivity contribution in [2.45, 2.75) is 25.8 Å². The van der Waals surface area contributed by atoms with Gasteiger partial charge in [-0.25, -0.2) is 4.98 Å². The molecule has 1 aromatic heterocycles. The molecule has 1 heterocycles. The van der Waals surface area contributed by atoms with E-state index in [1.165, 1.54) is 0 Å². The number of aromatic nitrogens is 1. The van der Waals surface area contributed by atoms with Crippen LogP contribution in [0.5, 0.6) is 5.88 Å². The van der Waals surface area contributed by atoms with Gasteiger partial charge in [-0.3, -0.25) is 0 Å². The number of hydrogen-bond acceptors (Lipinski definition) is 2. The summed E-state index contributed by atoms with van der Waals surface area (Å²) in [5, 5.41) is 0.701. The van der Waals surface area contributed by atoms with Crippen molar-refractivity contribution in [2.24, 2.45) is 0 Å². The molecule has 0 bridgehead atoms. The Labute approximate surface area is 123 Å². The van der Waals surface area contributed by atoms with E-state index in [9.17, 15) is 0 Å². The number of pyridine rings is 1. The van der Waals surface area contributed by atoms with Crippen molar-refractivity contribution in [1.29, 1.82) is 0 Å². The summed E-state index contributed by atoms with van der Waals surface area (Å²) in [7, 11) is 0. The summed E-state index contributed by atoms with van der Waals surface area (Å²) in [5.41, 5.74) is 2.94. The third-order valence-corrected chi connectivity index (χ3v) is 3.44. The van der Waals surface area contributed by atoms with Crippen LogP contribution in [0.4, 0.5) is 0 Å². The normalized spacial score (nSPS) is 10.5. The van der Waals surface area contributed by atoms with Crippen LogP contribution < -0.4 is 4.74 Å². The van der Waals surface area contributed by atoms with Crippen molar-refractivity contribution >= 4 is 23.2 Å². The van der Waals surface area contributed by atoms with Gasteiger partial charge in [-0.05, 0) is 24.1 Å². The molecule has 0 fully saturated rings. The average molecular weight is 296 g/mol. The van der Waals surface area contributed by atoms with Crippen LogP contribution in [0.15, 0.2) is 36.4 Å². The zero-order chi connectivity index (χ0) is 13.7. The third kappa shape index (κ3) is 3.85. The van der Waals surface area contributed by atoms with Gasteiger partial charge in [0.25, 0.3) is 0 Å². The molecule has 100 valence electrons. The zero-order valence-corrected chi connectivity index (χ0v) is 12.2. The average Bonchev–Trinajstić information content (AvgIpc) is 2.46. The smallest absolute Gasteiger partial charge is 0.214 e. The Morgan fingerprint density at radius 2 is 2.00 bits per heavy atom. The monoisotopic (exact) mass is 295 g/mol. The van der Waals surface area contributed by atoms with Crippen LogP contribution in [0.3, 0.4) is 0 Å². The molecular weight excluding hydrogens is 281 g/mol. The predicted molar refractivity (Wildman–Crippen MR) is 79.0 cm³/mol. The van der Waals surface area contributed by atoms with Crippen LogP contribution >= 0.6 is 23.2 Å². The van der Waals surface area contributed by atoms with Crippen molar-refractivity contribution in [2.75, 3.05) is 0 Å². The quantitative estimate of drug-likeness (QED) is 0.751. The van der Waals surface area contributed by atoms with Crippen molar-refractivity contribution in [1.82, 2.24) is 4.98 Å². The second-order valence-electron chi connectivity index (χ2n) is 4.17. The minimum absolute atomic E-state index is 0.404. The van der Waals surface area contributed by atoms with Gasteiger partial charge in [0.2, 0.25) is 5.88 Å². The third-order valence-electron chi connectivity index (χ3n) is 2.76. The molecule has 2 aromatic rings. The molecule has 0 N–H and O–H groups in total. The van der Waals surface area contributed by atoms with Gasteiger partial charge in [-0.15, -0.1) is 11.6 Å². The van der Waals surface area contributed by atoms with E-state index in [0.29, 0.717) is 23.4 Å². The van der Waals surface area contributed by atoms with Crippen molar-refractivity contribution in [3.8, 4) is 5.88 Å². The molecular formula is C15H15Cl2NO. The lowest BCUT2D eigenvalue weighted by molar-refractivity contribution is 0.293. The predicted octanol–water partition coefficient (Wildman–Crippen LogP) is 4.62. The first-order valence-electron chi connectivity index (χ1n) is 6.15. The van der Waals surface area contributed by atoms with Crippen LogP contribution in [-0.4, -0.2) is 4.98 Å². The molecule has 0 spiro atoms. The molecule has 0 saturated heterocycles. The van der Waals surface area contributed by atoms with Gasteiger partial charge < -0.3 is 4.74 Å². The van der Waals surface area contributed by atoms with Crippen molar-refractivity contribution < 1.29 is 4.74 Å². The lowest BCUT2D eigenvalue weighted by Crippen LogP contribution is -2.00. The second kappa shape index (κ2) is 6.78. The van der Waals surface area contributed by atoms with E-state index in [2.05, 4.69) is 11.9 Å².